The van der Waals surface area contributed by atoms with Gasteiger partial charge in [-0.05, 0) is 43.5 Å². The number of aryl methyl sites for hydroxylation is 1. The molecule has 0 atom stereocenters. The quantitative estimate of drug-likeness (QED) is 0.659. The Bertz CT molecular complexity index is 473. The number of anilines is 1. The number of carbonyl (C=O) groups is 2. The summed E-state index contributed by atoms with van der Waals surface area (Å²) in [7, 11) is 0. The van der Waals surface area contributed by atoms with Crippen LogP contribution < -0.4 is 5.73 Å². The first kappa shape index (κ1) is 13.4. The summed E-state index contributed by atoms with van der Waals surface area (Å²) in [5.74, 6) is -0.644. The lowest BCUT2D eigenvalue weighted by Gasteiger charge is -2.15. The second kappa shape index (κ2) is 5.73. The lowest BCUT2D eigenvalue weighted by molar-refractivity contribution is -0.133. The lowest BCUT2D eigenvalue weighted by atomic mass is 10.1. The highest BCUT2D eigenvalue weighted by atomic mass is 16.5. The average Bonchev–Trinajstić information content (AvgIpc) is 2.88. The number of carbonyl (C=O) groups excluding carboxylic acids is 2. The van der Waals surface area contributed by atoms with Crippen molar-refractivity contribution < 1.29 is 14.3 Å². The summed E-state index contributed by atoms with van der Waals surface area (Å²) in [4.78, 5) is 25.3. The number of rotatable bonds is 3. The van der Waals surface area contributed by atoms with Crippen LogP contribution in [-0.4, -0.2) is 36.5 Å². The molecule has 0 radical (unpaired) electrons. The van der Waals surface area contributed by atoms with Gasteiger partial charge in [0.2, 0.25) is 0 Å². The zero-order chi connectivity index (χ0) is 13.8. The molecule has 5 nitrogen and oxygen atoms in total. The molecule has 102 valence electrons. The van der Waals surface area contributed by atoms with E-state index in [1.54, 1.807) is 23.1 Å². The summed E-state index contributed by atoms with van der Waals surface area (Å²) in [6.07, 6.45) is 2.04. The molecule has 2 N–H and O–H groups in total. The topological polar surface area (TPSA) is 72.6 Å². The number of amides is 1. The number of likely N-dealkylation sites (tertiary alicyclic amines) is 1. The Balaban J connectivity index is 1.91. The van der Waals surface area contributed by atoms with Crippen molar-refractivity contribution in [1.29, 1.82) is 0 Å². The van der Waals surface area contributed by atoms with Gasteiger partial charge in [-0.3, -0.25) is 4.79 Å². The van der Waals surface area contributed by atoms with Crippen LogP contribution in [0.1, 0.15) is 28.8 Å². The summed E-state index contributed by atoms with van der Waals surface area (Å²) >= 11 is 0. The SMILES string of the molecule is Cc1cc(N)cc(C(=O)OCC(=O)N2CCCC2)c1. The molecule has 0 spiro atoms. The standard InChI is InChI=1S/C14H18N2O3/c1-10-6-11(8-12(15)7-10)14(18)19-9-13(17)16-4-2-3-5-16/h6-8H,2-5,9,15H2,1H3. The molecule has 19 heavy (non-hydrogen) atoms. The van der Waals surface area contributed by atoms with Gasteiger partial charge in [-0.15, -0.1) is 0 Å². The number of benzene rings is 1. The molecule has 0 bridgehead atoms. The van der Waals surface area contributed by atoms with Crippen LogP contribution in [0.3, 0.4) is 0 Å². The molecule has 1 aromatic rings. The molecule has 0 aliphatic carbocycles. The van der Waals surface area contributed by atoms with Gasteiger partial charge < -0.3 is 15.4 Å². The molecule has 5 heteroatoms. The maximum Gasteiger partial charge on any atom is 0.338 e. The number of hydrogen-bond acceptors (Lipinski definition) is 4. The summed E-state index contributed by atoms with van der Waals surface area (Å²) in [5.41, 5.74) is 7.45. The van der Waals surface area contributed by atoms with Gasteiger partial charge >= 0.3 is 5.97 Å². The van der Waals surface area contributed by atoms with Crippen LogP contribution in [-0.2, 0) is 9.53 Å². The first-order chi connectivity index (χ1) is 9.06. The van der Waals surface area contributed by atoms with E-state index in [4.69, 9.17) is 10.5 Å². The molecule has 0 aromatic heterocycles. The number of esters is 1. The predicted octanol–water partition coefficient (Wildman–Crippen LogP) is 1.36. The highest BCUT2D eigenvalue weighted by molar-refractivity contribution is 5.92. The average molecular weight is 262 g/mol. The zero-order valence-corrected chi connectivity index (χ0v) is 11.0. The Hall–Kier alpha value is -2.04. The third-order valence-electron chi connectivity index (χ3n) is 3.12. The summed E-state index contributed by atoms with van der Waals surface area (Å²) in [6.45, 7) is 3.16. The largest absolute Gasteiger partial charge is 0.452 e. The van der Waals surface area contributed by atoms with E-state index in [1.807, 2.05) is 6.92 Å². The molecule has 1 fully saturated rings. The minimum Gasteiger partial charge on any atom is -0.452 e. The van der Waals surface area contributed by atoms with Crippen LogP contribution in [0, 0.1) is 6.92 Å². The monoisotopic (exact) mass is 262 g/mol. The first-order valence-electron chi connectivity index (χ1n) is 6.38. The Morgan fingerprint density at radius 3 is 2.58 bits per heavy atom. The normalized spacial score (nSPS) is 14.5. The number of hydrogen-bond donors (Lipinski definition) is 1. The van der Waals surface area contributed by atoms with E-state index < -0.39 is 5.97 Å². The summed E-state index contributed by atoms with van der Waals surface area (Å²) in [6, 6.07) is 5.01. The van der Waals surface area contributed by atoms with Crippen LogP contribution in [0.2, 0.25) is 0 Å². The Labute approximate surface area is 112 Å². The van der Waals surface area contributed by atoms with Gasteiger partial charge in [0.25, 0.3) is 5.91 Å². The van der Waals surface area contributed by atoms with Gasteiger partial charge in [0.1, 0.15) is 0 Å². The van der Waals surface area contributed by atoms with Gasteiger partial charge in [0.15, 0.2) is 6.61 Å². The molecule has 0 unspecified atom stereocenters. The molecule has 1 aliphatic rings. The Morgan fingerprint density at radius 2 is 1.95 bits per heavy atom. The second-order valence-corrected chi connectivity index (χ2v) is 4.80. The van der Waals surface area contributed by atoms with Crippen LogP contribution in [0.5, 0.6) is 0 Å². The van der Waals surface area contributed by atoms with E-state index in [1.165, 1.54) is 0 Å². The van der Waals surface area contributed by atoms with Crippen LogP contribution in [0.4, 0.5) is 5.69 Å². The molecule has 2 rings (SSSR count). The van der Waals surface area contributed by atoms with Gasteiger partial charge in [0, 0.05) is 18.8 Å². The van der Waals surface area contributed by atoms with Crippen molar-refractivity contribution in [1.82, 2.24) is 4.90 Å². The molecule has 1 aliphatic heterocycles. The second-order valence-electron chi connectivity index (χ2n) is 4.80. The van der Waals surface area contributed by atoms with E-state index >= 15 is 0 Å². The highest BCUT2D eigenvalue weighted by Crippen LogP contribution is 2.13. The van der Waals surface area contributed by atoms with Crippen molar-refractivity contribution in [3.63, 3.8) is 0 Å². The van der Waals surface area contributed by atoms with Gasteiger partial charge in [-0.25, -0.2) is 4.79 Å². The van der Waals surface area contributed by atoms with Crippen LogP contribution in [0.25, 0.3) is 0 Å². The molecule has 1 aromatic carbocycles. The minimum atomic E-state index is -0.511. The number of nitrogens with zero attached hydrogens (tertiary/aromatic N) is 1. The summed E-state index contributed by atoms with van der Waals surface area (Å²) < 4.78 is 5.03. The molecule has 1 saturated heterocycles. The molecule has 1 heterocycles. The van der Waals surface area contributed by atoms with E-state index in [0.29, 0.717) is 11.3 Å². The van der Waals surface area contributed by atoms with E-state index in [9.17, 15) is 9.59 Å². The van der Waals surface area contributed by atoms with Crippen molar-refractivity contribution in [2.45, 2.75) is 19.8 Å². The van der Waals surface area contributed by atoms with Gasteiger partial charge in [0.05, 0.1) is 5.56 Å². The first-order valence-corrected chi connectivity index (χ1v) is 6.38. The van der Waals surface area contributed by atoms with Crippen molar-refractivity contribution in [2.24, 2.45) is 0 Å². The molecule has 0 saturated carbocycles. The van der Waals surface area contributed by atoms with E-state index in [-0.39, 0.29) is 12.5 Å². The fourth-order valence-electron chi connectivity index (χ4n) is 2.20. The smallest absolute Gasteiger partial charge is 0.338 e. The Kier molecular flexibility index (Phi) is 4.04. The fourth-order valence-corrected chi connectivity index (χ4v) is 2.20. The number of nitrogen functional groups attached to an aromatic ring is 1. The van der Waals surface area contributed by atoms with E-state index in [2.05, 4.69) is 0 Å². The number of nitrogens with two attached hydrogens (primary N) is 1. The zero-order valence-electron chi connectivity index (χ0n) is 11.0. The predicted molar refractivity (Wildman–Crippen MR) is 71.7 cm³/mol. The molecular formula is C14H18N2O3. The lowest BCUT2D eigenvalue weighted by Crippen LogP contribution is -2.32. The van der Waals surface area contributed by atoms with Crippen LogP contribution in [0.15, 0.2) is 18.2 Å². The van der Waals surface area contributed by atoms with E-state index in [0.717, 1.165) is 31.5 Å². The summed E-state index contributed by atoms with van der Waals surface area (Å²) in [5, 5.41) is 0. The van der Waals surface area contributed by atoms with Crippen molar-refractivity contribution in [3.8, 4) is 0 Å². The molecule has 1 amide bonds. The van der Waals surface area contributed by atoms with Crippen LogP contribution >= 0.6 is 0 Å². The van der Waals surface area contributed by atoms with Gasteiger partial charge in [-0.2, -0.15) is 0 Å². The minimum absolute atomic E-state index is 0.133. The molecular weight excluding hydrogens is 244 g/mol. The number of ether oxygens (including phenoxy) is 1. The highest BCUT2D eigenvalue weighted by Gasteiger charge is 2.19. The Morgan fingerprint density at radius 1 is 1.26 bits per heavy atom. The maximum atomic E-state index is 11.8. The van der Waals surface area contributed by atoms with Gasteiger partial charge in [-0.1, -0.05) is 0 Å². The van der Waals surface area contributed by atoms with Crippen molar-refractivity contribution in [3.05, 3.63) is 29.3 Å². The van der Waals surface area contributed by atoms with Crippen molar-refractivity contribution in [2.75, 3.05) is 25.4 Å². The third-order valence-corrected chi connectivity index (χ3v) is 3.12. The maximum absolute atomic E-state index is 11.8. The fraction of sp³-hybridized carbons (Fsp3) is 0.429. The third kappa shape index (κ3) is 3.47. The van der Waals surface area contributed by atoms with Crippen molar-refractivity contribution >= 4 is 17.6 Å².